The molecule has 5 heteroatoms. The normalized spacial score (nSPS) is 10.3. The Morgan fingerprint density at radius 1 is 1.44 bits per heavy atom. The quantitative estimate of drug-likeness (QED) is 0.782. The molecule has 0 N–H and O–H groups in total. The molecule has 2 aromatic heterocycles. The summed E-state index contributed by atoms with van der Waals surface area (Å²) in [5, 5.41) is 1.89. The highest BCUT2D eigenvalue weighted by Crippen LogP contribution is 2.23. The Balaban J connectivity index is 2.20. The lowest BCUT2D eigenvalue weighted by Gasteiger charge is -2.05. The van der Waals surface area contributed by atoms with Gasteiger partial charge in [0.15, 0.2) is 0 Å². The summed E-state index contributed by atoms with van der Waals surface area (Å²) in [4.78, 5) is 16.9. The minimum atomic E-state index is -0.0276. The second kappa shape index (κ2) is 6.11. The van der Waals surface area contributed by atoms with Crippen LogP contribution < -0.4 is 4.74 Å². The first kappa shape index (κ1) is 13.2. The molecule has 3 nitrogen and oxygen atoms in total. The van der Waals surface area contributed by atoms with Gasteiger partial charge in [0, 0.05) is 21.6 Å². The maximum atomic E-state index is 12.2. The van der Waals surface area contributed by atoms with Crippen LogP contribution in [0.1, 0.15) is 28.6 Å². The predicted molar refractivity (Wildman–Crippen MR) is 75.5 cm³/mol. The zero-order valence-corrected chi connectivity index (χ0v) is 12.3. The largest absolute Gasteiger partial charge is 0.492 e. The summed E-state index contributed by atoms with van der Waals surface area (Å²) in [6.07, 6.45) is 4.11. The summed E-state index contributed by atoms with van der Waals surface area (Å²) in [7, 11) is 0. The second-order valence-electron chi connectivity index (χ2n) is 3.72. The average Bonchev–Trinajstić information content (AvgIpc) is 2.82. The van der Waals surface area contributed by atoms with E-state index in [1.807, 2.05) is 18.4 Å². The third kappa shape index (κ3) is 3.17. The van der Waals surface area contributed by atoms with Gasteiger partial charge in [-0.25, -0.2) is 0 Å². The number of carbonyl (C=O) groups is 1. The van der Waals surface area contributed by atoms with Gasteiger partial charge in [0.2, 0.25) is 5.78 Å². The van der Waals surface area contributed by atoms with Crippen LogP contribution >= 0.6 is 27.3 Å². The molecule has 0 aliphatic carbocycles. The minimum absolute atomic E-state index is 0.0276. The Labute approximate surface area is 118 Å². The molecule has 0 bridgehead atoms. The van der Waals surface area contributed by atoms with E-state index in [1.54, 1.807) is 18.5 Å². The first-order valence-electron chi connectivity index (χ1n) is 5.57. The van der Waals surface area contributed by atoms with Crippen LogP contribution in [0.3, 0.4) is 0 Å². The van der Waals surface area contributed by atoms with E-state index in [2.05, 4.69) is 20.9 Å². The van der Waals surface area contributed by atoms with Crippen molar-refractivity contribution < 1.29 is 9.53 Å². The molecule has 2 aromatic rings. The van der Waals surface area contributed by atoms with Crippen molar-refractivity contribution >= 4 is 33.0 Å². The number of carbonyl (C=O) groups excluding carboxylic acids is 1. The first-order chi connectivity index (χ1) is 8.70. The molecule has 18 heavy (non-hydrogen) atoms. The number of pyridine rings is 1. The molecule has 2 rings (SSSR count). The number of aromatic nitrogens is 1. The molecule has 0 aromatic carbocycles. The van der Waals surface area contributed by atoms with Crippen molar-refractivity contribution in [2.45, 2.75) is 13.3 Å². The predicted octanol–water partition coefficient (Wildman–Crippen LogP) is 3.93. The summed E-state index contributed by atoms with van der Waals surface area (Å²) >= 11 is 4.75. The van der Waals surface area contributed by atoms with Gasteiger partial charge in [-0.05, 0) is 34.5 Å². The van der Waals surface area contributed by atoms with Crippen LogP contribution in [0.25, 0.3) is 0 Å². The van der Waals surface area contributed by atoms with E-state index in [1.165, 1.54) is 11.3 Å². The number of halogens is 1. The topological polar surface area (TPSA) is 39.2 Å². The Morgan fingerprint density at radius 3 is 2.94 bits per heavy atom. The molecule has 0 aliphatic heterocycles. The monoisotopic (exact) mass is 325 g/mol. The number of nitrogens with zero attached hydrogens (tertiary/aromatic N) is 1. The van der Waals surface area contributed by atoms with Gasteiger partial charge in [-0.2, -0.15) is 0 Å². The lowest BCUT2D eigenvalue weighted by atomic mass is 10.1. The Hall–Kier alpha value is -1.20. The van der Waals surface area contributed by atoms with Crippen molar-refractivity contribution in [1.82, 2.24) is 4.98 Å². The molecule has 0 aliphatic rings. The van der Waals surface area contributed by atoms with Gasteiger partial charge in [-0.1, -0.05) is 6.92 Å². The molecular formula is C13H12BrNO2S. The molecule has 0 saturated heterocycles. The molecule has 94 valence electrons. The van der Waals surface area contributed by atoms with Crippen molar-refractivity contribution in [3.63, 3.8) is 0 Å². The lowest BCUT2D eigenvalue weighted by molar-refractivity contribution is 0.104. The summed E-state index contributed by atoms with van der Waals surface area (Å²) in [6.45, 7) is 2.66. The summed E-state index contributed by atoms with van der Waals surface area (Å²) < 4.78 is 6.39. The second-order valence-corrected chi connectivity index (χ2v) is 5.54. The SMILES string of the molecule is CCCOc1cncc(C(=O)c2cc(Br)cs2)c1. The van der Waals surface area contributed by atoms with Gasteiger partial charge in [0.05, 0.1) is 17.7 Å². The van der Waals surface area contributed by atoms with E-state index in [4.69, 9.17) is 4.74 Å². The molecule has 0 radical (unpaired) electrons. The maximum absolute atomic E-state index is 12.2. The highest BCUT2D eigenvalue weighted by molar-refractivity contribution is 9.10. The number of ether oxygens (including phenoxy) is 1. The van der Waals surface area contributed by atoms with Gasteiger partial charge in [0.25, 0.3) is 0 Å². The van der Waals surface area contributed by atoms with Crippen molar-refractivity contribution in [3.8, 4) is 5.75 Å². The molecule has 0 unspecified atom stereocenters. The van der Waals surface area contributed by atoms with Gasteiger partial charge >= 0.3 is 0 Å². The van der Waals surface area contributed by atoms with Crippen molar-refractivity contribution in [1.29, 1.82) is 0 Å². The van der Waals surface area contributed by atoms with E-state index < -0.39 is 0 Å². The van der Waals surface area contributed by atoms with Gasteiger partial charge in [-0.15, -0.1) is 11.3 Å². The van der Waals surface area contributed by atoms with E-state index in [0.717, 1.165) is 10.9 Å². The molecule has 2 heterocycles. The number of hydrogen-bond acceptors (Lipinski definition) is 4. The Bertz CT molecular complexity index is 553. The van der Waals surface area contributed by atoms with Crippen LogP contribution in [0.15, 0.2) is 34.4 Å². The standard InChI is InChI=1S/C13H12BrNO2S/c1-2-3-17-11-4-9(6-15-7-11)13(16)12-5-10(14)8-18-12/h4-8H,2-3H2,1H3. The van der Waals surface area contributed by atoms with Crippen LogP contribution in [0.2, 0.25) is 0 Å². The van der Waals surface area contributed by atoms with Crippen LogP contribution in [0.5, 0.6) is 5.75 Å². The molecule has 0 fully saturated rings. The first-order valence-corrected chi connectivity index (χ1v) is 7.24. The number of hydrogen-bond donors (Lipinski definition) is 0. The van der Waals surface area contributed by atoms with Crippen LogP contribution in [0, 0.1) is 0 Å². The van der Waals surface area contributed by atoms with Gasteiger partial charge in [0.1, 0.15) is 5.75 Å². The van der Waals surface area contributed by atoms with Crippen LogP contribution in [0.4, 0.5) is 0 Å². The molecule has 0 atom stereocenters. The highest BCUT2D eigenvalue weighted by atomic mass is 79.9. The van der Waals surface area contributed by atoms with Crippen molar-refractivity contribution in [2.75, 3.05) is 6.61 Å². The summed E-state index contributed by atoms with van der Waals surface area (Å²) in [5.41, 5.74) is 0.554. The third-order valence-corrected chi connectivity index (χ3v) is 3.93. The van der Waals surface area contributed by atoms with Gasteiger partial charge in [-0.3, -0.25) is 9.78 Å². The fourth-order valence-electron chi connectivity index (χ4n) is 1.42. The Kier molecular flexibility index (Phi) is 4.49. The molecular weight excluding hydrogens is 314 g/mol. The molecule has 0 saturated carbocycles. The average molecular weight is 326 g/mol. The summed E-state index contributed by atoms with van der Waals surface area (Å²) in [6, 6.07) is 3.55. The highest BCUT2D eigenvalue weighted by Gasteiger charge is 2.12. The third-order valence-electron chi connectivity index (χ3n) is 2.24. The van der Waals surface area contributed by atoms with E-state index in [-0.39, 0.29) is 5.78 Å². The fourth-order valence-corrected chi connectivity index (χ4v) is 2.80. The van der Waals surface area contributed by atoms with Crippen LogP contribution in [-0.2, 0) is 0 Å². The zero-order valence-electron chi connectivity index (χ0n) is 9.85. The smallest absolute Gasteiger partial charge is 0.204 e. The van der Waals surface area contributed by atoms with Gasteiger partial charge < -0.3 is 4.74 Å². The molecule has 0 spiro atoms. The fraction of sp³-hybridized carbons (Fsp3) is 0.231. The maximum Gasteiger partial charge on any atom is 0.204 e. The van der Waals surface area contributed by atoms with Crippen molar-refractivity contribution in [3.05, 3.63) is 44.8 Å². The number of thiophene rings is 1. The van der Waals surface area contributed by atoms with Crippen molar-refractivity contribution in [2.24, 2.45) is 0 Å². The van der Waals surface area contributed by atoms with E-state index in [0.29, 0.717) is 22.8 Å². The number of rotatable bonds is 5. The number of ketones is 1. The van der Waals surface area contributed by atoms with E-state index in [9.17, 15) is 4.79 Å². The molecule has 0 amide bonds. The minimum Gasteiger partial charge on any atom is -0.492 e. The lowest BCUT2D eigenvalue weighted by Crippen LogP contribution is -2.01. The van der Waals surface area contributed by atoms with E-state index >= 15 is 0 Å². The summed E-state index contributed by atoms with van der Waals surface area (Å²) in [5.74, 6) is 0.610. The van der Waals surface area contributed by atoms with Crippen LogP contribution in [-0.4, -0.2) is 17.4 Å². The Morgan fingerprint density at radius 2 is 2.28 bits per heavy atom. The zero-order chi connectivity index (χ0) is 13.0.